The zero-order valence-electron chi connectivity index (χ0n) is 18.1. The van der Waals surface area contributed by atoms with E-state index in [9.17, 15) is 23.3 Å². The van der Waals surface area contributed by atoms with Gasteiger partial charge in [-0.25, -0.2) is 13.8 Å². The molecule has 1 amide bonds. The van der Waals surface area contributed by atoms with Crippen LogP contribution in [0.15, 0.2) is 75.3 Å². The van der Waals surface area contributed by atoms with Crippen LogP contribution in [0.25, 0.3) is 0 Å². The van der Waals surface area contributed by atoms with Crippen LogP contribution < -0.4 is 19.2 Å². The Morgan fingerprint density at radius 1 is 1.18 bits per heavy atom. The summed E-state index contributed by atoms with van der Waals surface area (Å²) in [4.78, 5) is 22.7. The number of para-hydroxylation sites is 1. The molecule has 1 heterocycles. The molecule has 1 N–H and O–H groups in total. The summed E-state index contributed by atoms with van der Waals surface area (Å²) in [5.41, 5.74) is 1.53. The van der Waals surface area contributed by atoms with E-state index in [2.05, 4.69) is 10.5 Å². The van der Waals surface area contributed by atoms with Crippen LogP contribution in [0.3, 0.4) is 0 Å². The molecule has 12 nitrogen and oxygen atoms in total. The summed E-state index contributed by atoms with van der Waals surface area (Å²) in [6.45, 7) is -0.757. The van der Waals surface area contributed by atoms with E-state index in [0.29, 0.717) is 15.8 Å². The van der Waals surface area contributed by atoms with E-state index in [1.54, 1.807) is 12.1 Å². The highest BCUT2D eigenvalue weighted by molar-refractivity contribution is 7.93. The quantitative estimate of drug-likeness (QED) is 0.259. The molecule has 0 fully saturated rings. The zero-order chi connectivity index (χ0) is 24.7. The second kappa shape index (κ2) is 10.5. The van der Waals surface area contributed by atoms with Crippen LogP contribution in [-0.4, -0.2) is 46.2 Å². The minimum absolute atomic E-state index is 0.0355. The Morgan fingerprint density at radius 3 is 2.59 bits per heavy atom. The van der Waals surface area contributed by atoms with Gasteiger partial charge in [-0.1, -0.05) is 12.1 Å². The van der Waals surface area contributed by atoms with Crippen LogP contribution in [-0.2, 0) is 14.8 Å². The summed E-state index contributed by atoms with van der Waals surface area (Å²) in [6.07, 6.45) is 2.65. The first kappa shape index (κ1) is 24.3. The molecule has 0 aliphatic heterocycles. The largest absolute Gasteiger partial charge is 0.497 e. The molecule has 0 spiro atoms. The van der Waals surface area contributed by atoms with Crippen molar-refractivity contribution >= 4 is 33.5 Å². The van der Waals surface area contributed by atoms with Gasteiger partial charge in [0.05, 0.1) is 37.3 Å². The average molecular weight is 488 g/mol. The van der Waals surface area contributed by atoms with Crippen LogP contribution in [0, 0.1) is 10.1 Å². The predicted octanol–water partition coefficient (Wildman–Crippen LogP) is 2.55. The number of methoxy groups -OCH3 is 2. The highest BCUT2D eigenvalue weighted by Crippen LogP contribution is 2.37. The number of hydrazone groups is 1. The zero-order valence-corrected chi connectivity index (χ0v) is 18.9. The fourth-order valence-corrected chi connectivity index (χ4v) is 4.53. The van der Waals surface area contributed by atoms with E-state index in [0.717, 1.165) is 12.1 Å². The second-order valence-corrected chi connectivity index (χ2v) is 8.41. The van der Waals surface area contributed by atoms with Crippen LogP contribution in [0.4, 0.5) is 11.4 Å². The maximum absolute atomic E-state index is 13.6. The van der Waals surface area contributed by atoms with Crippen molar-refractivity contribution < 1.29 is 32.0 Å². The Balaban J connectivity index is 2.04. The van der Waals surface area contributed by atoms with E-state index < -0.39 is 38.0 Å². The molecule has 0 atom stereocenters. The van der Waals surface area contributed by atoms with E-state index in [4.69, 9.17) is 13.9 Å². The summed E-state index contributed by atoms with van der Waals surface area (Å²) in [6, 6.07) is 12.3. The lowest BCUT2D eigenvalue weighted by molar-refractivity contribution is -0.387. The number of sulfonamides is 1. The summed E-state index contributed by atoms with van der Waals surface area (Å²) in [5, 5.41) is 15.2. The fourth-order valence-electron chi connectivity index (χ4n) is 2.93. The minimum atomic E-state index is -4.61. The SMILES string of the molecule is COc1ccc(N(CC(=O)N/N=C\c2ccco2)S(=O)(=O)c2ccccc2[N+](=O)[O-])c(OC)c1. The van der Waals surface area contributed by atoms with Crippen LogP contribution in [0.5, 0.6) is 11.5 Å². The van der Waals surface area contributed by atoms with Crippen molar-refractivity contribution in [3.05, 3.63) is 76.7 Å². The number of nitrogens with zero attached hydrogens (tertiary/aromatic N) is 3. The topological polar surface area (TPSA) is 154 Å². The first-order valence-electron chi connectivity index (χ1n) is 9.61. The van der Waals surface area contributed by atoms with Crippen LogP contribution >= 0.6 is 0 Å². The minimum Gasteiger partial charge on any atom is -0.497 e. The number of nitrogens with one attached hydrogen (secondary N) is 1. The van der Waals surface area contributed by atoms with Gasteiger partial charge in [0, 0.05) is 12.1 Å². The third-order valence-electron chi connectivity index (χ3n) is 4.50. The highest BCUT2D eigenvalue weighted by atomic mass is 32.2. The first-order valence-corrected chi connectivity index (χ1v) is 11.1. The van der Waals surface area contributed by atoms with Gasteiger partial charge in [-0.05, 0) is 30.3 Å². The maximum atomic E-state index is 13.6. The molecule has 0 aliphatic rings. The van der Waals surface area contributed by atoms with Crippen molar-refractivity contribution in [1.82, 2.24) is 5.43 Å². The van der Waals surface area contributed by atoms with Crippen molar-refractivity contribution in [3.63, 3.8) is 0 Å². The number of amides is 1. The van der Waals surface area contributed by atoms with Gasteiger partial charge in [0.2, 0.25) is 0 Å². The average Bonchev–Trinajstić information content (AvgIpc) is 3.35. The van der Waals surface area contributed by atoms with Gasteiger partial charge in [0.15, 0.2) is 4.90 Å². The van der Waals surface area contributed by atoms with Crippen molar-refractivity contribution in [2.24, 2.45) is 5.10 Å². The van der Waals surface area contributed by atoms with Crippen molar-refractivity contribution in [3.8, 4) is 11.5 Å². The molecule has 0 unspecified atom stereocenters. The van der Waals surface area contributed by atoms with Gasteiger partial charge in [0.25, 0.3) is 21.6 Å². The molecule has 34 heavy (non-hydrogen) atoms. The Kier molecular flexibility index (Phi) is 7.48. The lowest BCUT2D eigenvalue weighted by atomic mass is 10.2. The highest BCUT2D eigenvalue weighted by Gasteiger charge is 2.34. The Bertz CT molecular complexity index is 1310. The number of carbonyl (C=O) groups excluding carboxylic acids is 1. The standard InChI is InChI=1S/C21H20N4O8S/c1-31-15-9-10-17(19(12-15)32-2)24(14-21(26)23-22-13-16-6-5-11-33-16)34(29,30)20-8-4-3-7-18(20)25(27)28/h3-13H,14H2,1-2H3,(H,23,26)/b22-13-. The summed E-state index contributed by atoms with van der Waals surface area (Å²) in [7, 11) is -1.88. The third-order valence-corrected chi connectivity index (χ3v) is 6.30. The summed E-state index contributed by atoms with van der Waals surface area (Å²) in [5.74, 6) is -0.0196. The molecule has 1 aromatic heterocycles. The second-order valence-electron chi connectivity index (χ2n) is 6.58. The molecule has 0 saturated heterocycles. The molecule has 0 radical (unpaired) electrons. The monoisotopic (exact) mass is 488 g/mol. The molecular formula is C21H20N4O8S. The van der Waals surface area contributed by atoms with E-state index in [-0.39, 0.29) is 11.4 Å². The van der Waals surface area contributed by atoms with Crippen molar-refractivity contribution in [1.29, 1.82) is 0 Å². The molecule has 0 saturated carbocycles. The fraction of sp³-hybridized carbons (Fsp3) is 0.143. The number of nitro groups is 1. The smallest absolute Gasteiger partial charge is 0.289 e. The van der Waals surface area contributed by atoms with Gasteiger partial charge in [-0.15, -0.1) is 0 Å². The number of ether oxygens (including phenoxy) is 2. The molecule has 3 aromatic rings. The Morgan fingerprint density at radius 2 is 1.94 bits per heavy atom. The lowest BCUT2D eigenvalue weighted by Crippen LogP contribution is -2.40. The number of rotatable bonds is 10. The number of benzene rings is 2. The lowest BCUT2D eigenvalue weighted by Gasteiger charge is -2.25. The molecular weight excluding hydrogens is 468 g/mol. The van der Waals surface area contributed by atoms with Crippen LogP contribution in [0.1, 0.15) is 5.76 Å². The number of hydrogen-bond donors (Lipinski definition) is 1. The van der Waals surface area contributed by atoms with Crippen molar-refractivity contribution in [2.45, 2.75) is 4.90 Å². The number of hydrogen-bond acceptors (Lipinski definition) is 9. The summed E-state index contributed by atoms with van der Waals surface area (Å²) >= 11 is 0. The maximum Gasteiger partial charge on any atom is 0.289 e. The molecule has 2 aromatic carbocycles. The normalized spacial score (nSPS) is 11.2. The van der Waals surface area contributed by atoms with Gasteiger partial charge in [-0.2, -0.15) is 5.10 Å². The first-order chi connectivity index (χ1) is 16.3. The van der Waals surface area contributed by atoms with E-state index in [1.165, 1.54) is 57.0 Å². The van der Waals surface area contributed by atoms with E-state index in [1.807, 2.05) is 0 Å². The van der Waals surface area contributed by atoms with Gasteiger partial charge in [-0.3, -0.25) is 19.2 Å². The van der Waals surface area contributed by atoms with Gasteiger partial charge >= 0.3 is 0 Å². The summed E-state index contributed by atoms with van der Waals surface area (Å²) < 4.78 is 43.4. The Hall–Kier alpha value is -4.39. The molecule has 13 heteroatoms. The number of carbonyl (C=O) groups is 1. The predicted molar refractivity (Wildman–Crippen MR) is 122 cm³/mol. The number of nitro benzene ring substituents is 1. The molecule has 0 aliphatic carbocycles. The molecule has 3 rings (SSSR count). The number of anilines is 1. The Labute approximate surface area is 194 Å². The number of furan rings is 1. The van der Waals surface area contributed by atoms with Gasteiger partial charge in [0.1, 0.15) is 23.8 Å². The molecule has 178 valence electrons. The van der Waals surface area contributed by atoms with Crippen LogP contribution in [0.2, 0.25) is 0 Å². The van der Waals surface area contributed by atoms with E-state index >= 15 is 0 Å². The third kappa shape index (κ3) is 5.32. The molecule has 0 bridgehead atoms. The van der Waals surface area contributed by atoms with Gasteiger partial charge < -0.3 is 13.9 Å². The van der Waals surface area contributed by atoms with Crippen molar-refractivity contribution in [2.75, 3.05) is 25.1 Å².